The normalized spacial score (nSPS) is 20.5. The lowest BCUT2D eigenvalue weighted by Crippen LogP contribution is -2.39. The van der Waals surface area contributed by atoms with Crippen LogP contribution < -0.4 is 14.2 Å². The molecular weight excluding hydrogens is 769 g/mol. The number of rotatable bonds is 8. The highest BCUT2D eigenvalue weighted by atomic mass is 16.6. The van der Waals surface area contributed by atoms with Crippen LogP contribution in [-0.2, 0) is 68.4 Å². The van der Waals surface area contributed by atoms with E-state index in [9.17, 15) is 9.59 Å². The fourth-order valence-electron chi connectivity index (χ4n) is 8.19. The highest BCUT2D eigenvalue weighted by Gasteiger charge is 2.36. The Morgan fingerprint density at radius 1 is 0.567 bits per heavy atom. The molecular formula is C48H56O12. The van der Waals surface area contributed by atoms with E-state index in [2.05, 4.69) is 24.0 Å². The Bertz CT molecular complexity index is 1810. The van der Waals surface area contributed by atoms with Gasteiger partial charge in [-0.15, -0.1) is 12.8 Å². The molecule has 1 unspecified atom stereocenters. The summed E-state index contributed by atoms with van der Waals surface area (Å²) in [7, 11) is 0. The zero-order valence-electron chi connectivity index (χ0n) is 34.3. The second kappa shape index (κ2) is 24.2. The predicted octanol–water partition coefficient (Wildman–Crippen LogP) is 5.34. The average Bonchev–Trinajstić information content (AvgIpc) is 3.25. The number of carbonyl (C=O) groups excluding carboxylic acids is 2. The van der Waals surface area contributed by atoms with Crippen molar-refractivity contribution in [2.24, 2.45) is 11.8 Å². The first-order valence-electron chi connectivity index (χ1n) is 20.9. The monoisotopic (exact) mass is 824 g/mol. The molecule has 0 aromatic heterocycles. The summed E-state index contributed by atoms with van der Waals surface area (Å²) >= 11 is 0. The van der Waals surface area contributed by atoms with Crippen LogP contribution in [-0.4, -0.2) is 111 Å². The van der Waals surface area contributed by atoms with Gasteiger partial charge in [0.05, 0.1) is 65.6 Å². The Morgan fingerprint density at radius 3 is 1.45 bits per heavy atom. The number of esters is 2. The molecule has 3 atom stereocenters. The van der Waals surface area contributed by atoms with Crippen molar-refractivity contribution in [3.63, 3.8) is 0 Å². The lowest BCUT2D eigenvalue weighted by Gasteiger charge is -2.39. The van der Waals surface area contributed by atoms with Crippen LogP contribution in [0.25, 0.3) is 0 Å². The minimum atomic E-state index is -0.546. The van der Waals surface area contributed by atoms with Crippen LogP contribution in [0.4, 0.5) is 0 Å². The summed E-state index contributed by atoms with van der Waals surface area (Å²) < 4.78 is 59.9. The lowest BCUT2D eigenvalue weighted by atomic mass is 9.73. The molecule has 10 bridgehead atoms. The highest BCUT2D eigenvalue weighted by molar-refractivity contribution is 5.72. The summed E-state index contributed by atoms with van der Waals surface area (Å²) in [6.07, 6.45) is 15.6. The molecule has 3 aliphatic rings. The number of terminal acetylenes is 2. The molecule has 12 nitrogen and oxygen atoms in total. The summed E-state index contributed by atoms with van der Waals surface area (Å²) in [5.41, 5.74) is 5.55. The molecule has 0 N–H and O–H groups in total. The standard InChI is InChI=1S/C48H56O12/c1-3-17-55-43(49)33-59-47-39-13-7-14-40(47)30-36-10-6-12-38-32-42-16-8-15-41(48(42)60-34-44(50)56-18-4-2)31-37-11-5-9-35(29-39)45(37)57-27-25-53-23-21-51-19-20-52-22-24-54-26-28-58-46(36)38/h1-2,5,7-9,11,13-16,36,38,46H,6,10,12,17-34H2/t36-,38+,46?. The Balaban J connectivity index is 1.45. The van der Waals surface area contributed by atoms with E-state index >= 15 is 0 Å². The molecule has 0 radical (unpaired) electrons. The van der Waals surface area contributed by atoms with Gasteiger partial charge in [-0.25, -0.2) is 9.59 Å². The molecule has 1 fully saturated rings. The van der Waals surface area contributed by atoms with E-state index in [0.29, 0.717) is 102 Å². The van der Waals surface area contributed by atoms with Crippen molar-refractivity contribution in [1.29, 1.82) is 0 Å². The van der Waals surface area contributed by atoms with Gasteiger partial charge in [-0.1, -0.05) is 72.9 Å². The summed E-state index contributed by atoms with van der Waals surface area (Å²) in [5, 5.41) is 0. The number of carbonyl (C=O) groups is 2. The zero-order chi connectivity index (χ0) is 41.8. The maximum Gasteiger partial charge on any atom is 0.345 e. The van der Waals surface area contributed by atoms with Gasteiger partial charge in [0.15, 0.2) is 26.4 Å². The fourth-order valence-corrected chi connectivity index (χ4v) is 8.19. The van der Waals surface area contributed by atoms with E-state index < -0.39 is 11.9 Å². The quantitative estimate of drug-likeness (QED) is 0.215. The van der Waals surface area contributed by atoms with Crippen LogP contribution in [0.3, 0.4) is 0 Å². The summed E-state index contributed by atoms with van der Waals surface area (Å²) in [6, 6.07) is 18.3. The SMILES string of the molecule is C#CCOC(=O)COc1c2cccc1C[C@H]1CCC[C@H]3Cc4cccc(c4OCC(=O)OCC#C)Cc4cccc(c4OCCOCCOCCOCCOCCOC13)C2. The molecule has 1 saturated carbocycles. The van der Waals surface area contributed by atoms with Gasteiger partial charge >= 0.3 is 11.9 Å². The largest absolute Gasteiger partial charge is 0.491 e. The van der Waals surface area contributed by atoms with Crippen molar-refractivity contribution in [2.75, 3.05) is 92.5 Å². The highest BCUT2D eigenvalue weighted by Crippen LogP contribution is 2.42. The number of para-hydroxylation sites is 3. The molecule has 1 heterocycles. The van der Waals surface area contributed by atoms with Crippen molar-refractivity contribution in [1.82, 2.24) is 0 Å². The van der Waals surface area contributed by atoms with E-state index in [1.165, 1.54) is 0 Å². The van der Waals surface area contributed by atoms with Crippen LogP contribution in [0, 0.1) is 36.5 Å². The molecule has 3 aromatic carbocycles. The van der Waals surface area contributed by atoms with Crippen LogP contribution in [0.1, 0.15) is 52.6 Å². The van der Waals surface area contributed by atoms with Crippen LogP contribution >= 0.6 is 0 Å². The molecule has 2 aliphatic carbocycles. The third-order valence-corrected chi connectivity index (χ3v) is 10.8. The van der Waals surface area contributed by atoms with Gasteiger partial charge in [0.1, 0.15) is 23.9 Å². The summed E-state index contributed by atoms with van der Waals surface area (Å²) in [6.45, 7) is 3.19. The topological polar surface area (TPSA) is 126 Å². The summed E-state index contributed by atoms with van der Waals surface area (Å²) in [4.78, 5) is 25.5. The van der Waals surface area contributed by atoms with Crippen molar-refractivity contribution in [3.05, 3.63) is 88.0 Å². The third kappa shape index (κ3) is 13.2. The third-order valence-electron chi connectivity index (χ3n) is 10.8. The van der Waals surface area contributed by atoms with Gasteiger partial charge in [0.25, 0.3) is 0 Å². The second-order valence-electron chi connectivity index (χ2n) is 14.9. The average molecular weight is 825 g/mol. The number of ether oxygens (including phenoxy) is 10. The van der Waals surface area contributed by atoms with Gasteiger partial charge < -0.3 is 47.4 Å². The predicted molar refractivity (Wildman–Crippen MR) is 222 cm³/mol. The molecule has 320 valence electrons. The van der Waals surface area contributed by atoms with E-state index in [-0.39, 0.29) is 51.0 Å². The number of hydrogen-bond donors (Lipinski definition) is 0. The van der Waals surface area contributed by atoms with E-state index in [0.717, 1.165) is 52.6 Å². The molecule has 12 heteroatoms. The van der Waals surface area contributed by atoms with Crippen LogP contribution in [0.5, 0.6) is 17.2 Å². The molecule has 0 spiro atoms. The smallest absolute Gasteiger partial charge is 0.345 e. The molecule has 3 aromatic rings. The molecule has 60 heavy (non-hydrogen) atoms. The first kappa shape index (κ1) is 44.5. The number of benzene rings is 3. The minimum Gasteiger partial charge on any atom is -0.491 e. The van der Waals surface area contributed by atoms with E-state index in [4.69, 9.17) is 60.2 Å². The van der Waals surface area contributed by atoms with Gasteiger partial charge in [-0.3, -0.25) is 0 Å². The number of fused-ring (bicyclic) bond motifs is 2. The van der Waals surface area contributed by atoms with Crippen molar-refractivity contribution in [3.8, 4) is 41.9 Å². The van der Waals surface area contributed by atoms with Crippen LogP contribution in [0.2, 0.25) is 0 Å². The molecule has 0 saturated heterocycles. The van der Waals surface area contributed by atoms with Gasteiger partial charge in [0, 0.05) is 12.8 Å². The van der Waals surface area contributed by atoms with Crippen molar-refractivity contribution >= 4 is 11.9 Å². The second-order valence-corrected chi connectivity index (χ2v) is 14.9. The first-order valence-corrected chi connectivity index (χ1v) is 20.9. The number of hydrogen-bond acceptors (Lipinski definition) is 12. The molecule has 1 aliphatic heterocycles. The van der Waals surface area contributed by atoms with Gasteiger partial charge in [-0.05, 0) is 70.9 Å². The zero-order valence-corrected chi connectivity index (χ0v) is 34.3. The van der Waals surface area contributed by atoms with Gasteiger partial charge in [-0.2, -0.15) is 0 Å². The van der Waals surface area contributed by atoms with Crippen LogP contribution in [0.15, 0.2) is 54.6 Å². The Hall–Kier alpha value is -5.08. The fraction of sp³-hybridized carbons (Fsp3) is 0.500. The maximum atomic E-state index is 12.8. The Labute approximate surface area is 353 Å². The van der Waals surface area contributed by atoms with Gasteiger partial charge in [0.2, 0.25) is 0 Å². The maximum absolute atomic E-state index is 12.8. The van der Waals surface area contributed by atoms with Crippen molar-refractivity contribution in [2.45, 2.75) is 51.0 Å². The first-order chi connectivity index (χ1) is 29.5. The van der Waals surface area contributed by atoms with Crippen molar-refractivity contribution < 1.29 is 57.0 Å². The summed E-state index contributed by atoms with van der Waals surface area (Å²) in [5.74, 6) is 5.78. The Kier molecular flexibility index (Phi) is 18.0. The lowest BCUT2D eigenvalue weighted by molar-refractivity contribution is -0.145. The molecule has 6 rings (SSSR count). The Morgan fingerprint density at radius 2 is 0.983 bits per heavy atom. The van der Waals surface area contributed by atoms with E-state index in [1.807, 2.05) is 42.5 Å². The molecule has 0 amide bonds. The van der Waals surface area contributed by atoms with E-state index in [1.54, 1.807) is 0 Å². The minimum absolute atomic E-state index is 0.106.